The van der Waals surface area contributed by atoms with Gasteiger partial charge in [0.05, 0.1) is 55.4 Å². The molecule has 0 radical (unpaired) electrons. The normalized spacial score (nSPS) is 47.3. The summed E-state index contributed by atoms with van der Waals surface area (Å²) in [5.41, 5.74) is 0.116. The molecule has 65 heavy (non-hydrogen) atoms. The van der Waals surface area contributed by atoms with Gasteiger partial charge < -0.3 is 62.9 Å². The van der Waals surface area contributed by atoms with Gasteiger partial charge in [0.2, 0.25) is 5.91 Å². The third kappa shape index (κ3) is 10.6. The molecule has 4 fully saturated rings. The molecule has 1 aliphatic carbocycles. The number of fused-ring (bicyclic) bond motifs is 2. The molecule has 0 aromatic rings. The minimum atomic E-state index is -1.84. The Morgan fingerprint density at radius 1 is 0.938 bits per heavy atom. The fourth-order valence-corrected chi connectivity index (χ4v) is 11.0. The number of amides is 1. The van der Waals surface area contributed by atoms with Gasteiger partial charge in [-0.25, -0.2) is 0 Å². The smallest absolute Gasteiger partial charge is 0.316 e. The number of nitrogens with one attached hydrogen (secondary N) is 1. The second-order valence-electron chi connectivity index (χ2n) is 19.7. The van der Waals surface area contributed by atoms with Crippen molar-refractivity contribution >= 4 is 11.9 Å². The molecule has 1 amide bonds. The summed E-state index contributed by atoms with van der Waals surface area (Å²) in [6.45, 7) is 17.7. The van der Waals surface area contributed by atoms with E-state index in [4.69, 9.17) is 47.4 Å². The van der Waals surface area contributed by atoms with E-state index < -0.39 is 84.7 Å². The lowest BCUT2D eigenvalue weighted by atomic mass is 9.71. The molecule has 6 aliphatic heterocycles. The van der Waals surface area contributed by atoms with Gasteiger partial charge in [-0.2, -0.15) is 0 Å². The summed E-state index contributed by atoms with van der Waals surface area (Å²) in [6, 6.07) is -0.315. The van der Waals surface area contributed by atoms with Gasteiger partial charge >= 0.3 is 5.97 Å². The molecule has 3 N–H and O–H groups in total. The largest absolute Gasteiger partial charge is 0.462 e. The van der Waals surface area contributed by atoms with E-state index in [1.807, 2.05) is 39.0 Å². The Kier molecular flexibility index (Phi) is 16.0. The molecule has 7 rings (SSSR count). The van der Waals surface area contributed by atoms with Crippen molar-refractivity contribution in [2.75, 3.05) is 20.8 Å². The molecule has 0 aromatic carbocycles. The number of aliphatic hydroxyl groups is 2. The van der Waals surface area contributed by atoms with Gasteiger partial charge in [0, 0.05) is 58.7 Å². The highest BCUT2D eigenvalue weighted by Crippen LogP contribution is 2.47. The number of allylic oxidation sites excluding steroid dienone is 2. The van der Waals surface area contributed by atoms with E-state index in [1.165, 1.54) is 6.92 Å². The summed E-state index contributed by atoms with van der Waals surface area (Å²) in [6.07, 6.45) is 9.46. The fourth-order valence-electron chi connectivity index (χ4n) is 11.0. The molecule has 6 heterocycles. The number of aliphatic hydroxyl groups excluding tert-OH is 1. The number of carbonyl (C=O) groups is 2. The summed E-state index contributed by atoms with van der Waals surface area (Å²) in [7, 11) is 3.27. The topological polar surface area (TPSA) is 179 Å². The molecule has 0 unspecified atom stereocenters. The van der Waals surface area contributed by atoms with Crippen LogP contribution in [0, 0.1) is 23.7 Å². The molecule has 7 aliphatic rings. The van der Waals surface area contributed by atoms with Crippen LogP contribution in [0.2, 0.25) is 0 Å². The van der Waals surface area contributed by atoms with E-state index in [9.17, 15) is 19.8 Å². The van der Waals surface area contributed by atoms with Gasteiger partial charge in [0.1, 0.15) is 35.9 Å². The zero-order chi connectivity index (χ0) is 47.0. The van der Waals surface area contributed by atoms with E-state index in [2.05, 4.69) is 45.2 Å². The summed E-state index contributed by atoms with van der Waals surface area (Å²) >= 11 is 0. The van der Waals surface area contributed by atoms with Crippen LogP contribution in [0.1, 0.15) is 101 Å². The van der Waals surface area contributed by atoms with E-state index in [0.717, 1.165) is 12.0 Å². The fraction of sp³-hybridized carbons (Fsp3) is 0.760. The number of hydrogen-bond donors (Lipinski definition) is 3. The Balaban J connectivity index is 1.16. The second kappa shape index (κ2) is 20.8. The van der Waals surface area contributed by atoms with Crippen LogP contribution in [0.5, 0.6) is 0 Å². The number of ether oxygens (including phenoxy) is 10. The van der Waals surface area contributed by atoms with Crippen molar-refractivity contribution in [3.63, 3.8) is 0 Å². The van der Waals surface area contributed by atoms with Gasteiger partial charge in [-0.15, -0.1) is 0 Å². The minimum Gasteiger partial charge on any atom is -0.462 e. The van der Waals surface area contributed by atoms with Gasteiger partial charge in [-0.05, 0) is 62.8 Å². The highest BCUT2D eigenvalue weighted by Gasteiger charge is 2.60. The van der Waals surface area contributed by atoms with Crippen LogP contribution < -0.4 is 5.32 Å². The number of esters is 1. The van der Waals surface area contributed by atoms with Crippen molar-refractivity contribution in [3.8, 4) is 0 Å². The lowest BCUT2D eigenvalue weighted by Crippen LogP contribution is -2.58. The zero-order valence-corrected chi connectivity index (χ0v) is 40.2. The molecule has 0 aromatic heterocycles. The first-order valence-corrected chi connectivity index (χ1v) is 23.8. The maximum atomic E-state index is 14.4. The molecule has 2 bridgehead atoms. The van der Waals surface area contributed by atoms with E-state index in [-0.39, 0.29) is 61.0 Å². The number of methoxy groups -OCH3 is 2. The second-order valence-corrected chi connectivity index (χ2v) is 19.7. The van der Waals surface area contributed by atoms with Crippen LogP contribution in [0.15, 0.2) is 59.3 Å². The lowest BCUT2D eigenvalue weighted by Gasteiger charge is -2.48. The summed E-state index contributed by atoms with van der Waals surface area (Å²) in [5.74, 6) is -2.75. The maximum absolute atomic E-state index is 14.4. The van der Waals surface area contributed by atoms with Crippen LogP contribution in [0.3, 0.4) is 0 Å². The Bertz CT molecular complexity index is 1850. The summed E-state index contributed by atoms with van der Waals surface area (Å²) in [5, 5.41) is 26.7. The Hall–Kier alpha value is -2.80. The average molecular weight is 914 g/mol. The van der Waals surface area contributed by atoms with E-state index >= 15 is 0 Å². The maximum Gasteiger partial charge on any atom is 0.316 e. The van der Waals surface area contributed by atoms with Crippen molar-refractivity contribution in [3.05, 3.63) is 59.3 Å². The van der Waals surface area contributed by atoms with Crippen molar-refractivity contribution in [1.29, 1.82) is 0 Å². The van der Waals surface area contributed by atoms with Crippen molar-refractivity contribution < 1.29 is 67.2 Å². The van der Waals surface area contributed by atoms with Gasteiger partial charge in [0.25, 0.3) is 0 Å². The molecule has 15 nitrogen and oxygen atoms in total. The van der Waals surface area contributed by atoms with Gasteiger partial charge in [0.15, 0.2) is 18.4 Å². The quantitative estimate of drug-likeness (QED) is 0.195. The Morgan fingerprint density at radius 2 is 1.65 bits per heavy atom. The summed E-state index contributed by atoms with van der Waals surface area (Å²) in [4.78, 5) is 26.3. The van der Waals surface area contributed by atoms with Crippen molar-refractivity contribution in [2.45, 2.75) is 198 Å². The van der Waals surface area contributed by atoms with Crippen LogP contribution in [-0.2, 0) is 57.0 Å². The first-order chi connectivity index (χ1) is 30.9. The van der Waals surface area contributed by atoms with Crippen LogP contribution >= 0.6 is 0 Å². The Labute approximate surface area is 385 Å². The van der Waals surface area contributed by atoms with E-state index in [1.54, 1.807) is 33.3 Å². The highest BCUT2D eigenvalue weighted by molar-refractivity contribution is 5.78. The Morgan fingerprint density at radius 3 is 2.35 bits per heavy atom. The molecular weight excluding hydrogens is 839 g/mol. The minimum absolute atomic E-state index is 0.0270. The monoisotopic (exact) mass is 914 g/mol. The average Bonchev–Trinajstić information content (AvgIpc) is 3.61. The van der Waals surface area contributed by atoms with Crippen molar-refractivity contribution in [2.24, 2.45) is 23.7 Å². The number of hydrogen-bond acceptors (Lipinski definition) is 14. The molecule has 364 valence electrons. The van der Waals surface area contributed by atoms with Crippen LogP contribution in [0.4, 0.5) is 0 Å². The SMILES string of the molecule is CC[C@@H](C)[C@@H]1O[C@@]2(C=C[C@H]1C)C[C@H]1C[C@H](C/C=C(\C)[C@H](O[C@@H]3C[C@@H](OC)[C@H](O[C@@H]4C[C@@H](OC)[C@@H](NC(C)=O)[C@@H](C)O4)[C@@H](C)O3)[C@H](C)/C=C/C=C3\CO[C@H]4[C@@H](O)C(C)=C[C@H](C(=O)O1)[C@@]34O)O2. The molecular formula is C50H75NO14. The van der Waals surface area contributed by atoms with Gasteiger partial charge in [-0.3, -0.25) is 9.59 Å². The molecule has 0 saturated carbocycles. The standard InChI is InChI=1S/C50H75NO14/c1-12-26(2)45-29(5)18-19-49(65-45)24-36-21-35(64-49)17-16-28(4)44(27(3)14-13-15-34-25-58-47-43(53)30(6)20-37(48(54)61-36)50(34,47)55)62-41-23-39(57-11)46(32(8)60-41)63-40-22-38(56-10)42(31(7)59-40)51-33(9)52/h13-16,18-20,26-27,29,31-32,35-47,53,55H,12,17,21-25H2,1-11H3,(H,51,52)/b14-13+,28-16+,34-15+/t26-,27-,29-,31-,32-,35+,36-,37-,38-,39-,40-,41-,42+,43+,44-,45+,46-,47+,49+,50+/m1/s1. The predicted octanol–water partition coefficient (Wildman–Crippen LogP) is 5.52. The predicted molar refractivity (Wildman–Crippen MR) is 239 cm³/mol. The number of rotatable bonds is 9. The van der Waals surface area contributed by atoms with E-state index in [0.29, 0.717) is 36.8 Å². The van der Waals surface area contributed by atoms with Crippen molar-refractivity contribution in [1.82, 2.24) is 5.32 Å². The zero-order valence-electron chi connectivity index (χ0n) is 40.2. The van der Waals surface area contributed by atoms with Gasteiger partial charge in [-0.1, -0.05) is 70.6 Å². The number of carbonyl (C=O) groups excluding carboxylic acids is 2. The highest BCUT2D eigenvalue weighted by atomic mass is 16.7. The third-order valence-corrected chi connectivity index (χ3v) is 14.9. The lowest BCUT2D eigenvalue weighted by molar-refractivity contribution is -0.311. The molecule has 1 spiro atoms. The molecule has 4 saturated heterocycles. The summed E-state index contributed by atoms with van der Waals surface area (Å²) < 4.78 is 64.4. The van der Waals surface area contributed by atoms with Crippen LogP contribution in [0.25, 0.3) is 0 Å². The molecule has 20 atom stereocenters. The first-order valence-electron chi connectivity index (χ1n) is 23.8. The first kappa shape index (κ1) is 50.1. The third-order valence-electron chi connectivity index (χ3n) is 14.9. The molecule has 15 heteroatoms. The van der Waals surface area contributed by atoms with Crippen LogP contribution in [-0.4, -0.2) is 140 Å².